The molecule has 4 rings (SSSR count). The topological polar surface area (TPSA) is 149 Å². The van der Waals surface area contributed by atoms with Crippen LogP contribution in [0.3, 0.4) is 0 Å². The molecule has 0 aliphatic carbocycles. The highest BCUT2D eigenvalue weighted by Crippen LogP contribution is 2.44. The van der Waals surface area contributed by atoms with Gasteiger partial charge in [0.25, 0.3) is 5.91 Å². The van der Waals surface area contributed by atoms with E-state index in [1.54, 1.807) is 19.1 Å². The van der Waals surface area contributed by atoms with Gasteiger partial charge in [0.05, 0.1) is 24.0 Å². The molecule has 2 aliphatic heterocycles. The minimum absolute atomic E-state index is 0.0411. The molecular weight excluding hydrogens is 482 g/mol. The summed E-state index contributed by atoms with van der Waals surface area (Å²) in [5.41, 5.74) is 12.2. The number of amides is 1. The molecular formula is C22H26ClN5O5S. The molecule has 2 aliphatic rings. The van der Waals surface area contributed by atoms with Crippen molar-refractivity contribution in [3.63, 3.8) is 0 Å². The molecule has 2 aromatic rings. The first-order valence-electron chi connectivity index (χ1n) is 10.7. The number of hydrogen-bond donors (Lipinski definition) is 3. The van der Waals surface area contributed by atoms with Gasteiger partial charge < -0.3 is 26.3 Å². The molecule has 2 heterocycles. The normalized spacial score (nSPS) is 17.0. The maximum absolute atomic E-state index is 13.3. The maximum Gasteiger partial charge on any atom is 0.280 e. The molecule has 1 amide bonds. The van der Waals surface area contributed by atoms with Crippen LogP contribution in [0.25, 0.3) is 0 Å². The van der Waals surface area contributed by atoms with E-state index >= 15 is 0 Å². The van der Waals surface area contributed by atoms with Crippen LogP contribution in [0.1, 0.15) is 21.5 Å². The van der Waals surface area contributed by atoms with Gasteiger partial charge in [0.1, 0.15) is 16.4 Å². The first-order valence-corrected chi connectivity index (χ1v) is 12.7. The standard InChI is InChI=1S/C22H26ClN5O5S/c1-13-8-14(21(29)27-22(24)25)10-18-19(13)33-20-15(12-34(18,30)31)9-16(11-17(20)23)26-2-3-28-4-6-32-7-5-28/h8-11,26H,2-7,12H2,1H3,(H4,24,25,27,29). The number of carbonyl (C=O) groups is 1. The minimum Gasteiger partial charge on any atom is -0.454 e. The number of ether oxygens (including phenoxy) is 2. The van der Waals surface area contributed by atoms with Crippen molar-refractivity contribution in [2.24, 2.45) is 16.5 Å². The number of nitrogens with zero attached hydrogens (tertiary/aromatic N) is 2. The van der Waals surface area contributed by atoms with Crippen molar-refractivity contribution in [2.45, 2.75) is 17.6 Å². The number of halogens is 1. The zero-order valence-corrected chi connectivity index (χ0v) is 20.2. The molecule has 0 atom stereocenters. The second-order valence-electron chi connectivity index (χ2n) is 8.15. The highest BCUT2D eigenvalue weighted by molar-refractivity contribution is 7.90. The highest BCUT2D eigenvalue weighted by Gasteiger charge is 2.31. The van der Waals surface area contributed by atoms with Crippen molar-refractivity contribution in [3.05, 3.63) is 46.0 Å². The van der Waals surface area contributed by atoms with E-state index in [2.05, 4.69) is 15.2 Å². The Balaban J connectivity index is 1.62. The molecule has 5 N–H and O–H groups in total. The molecule has 0 unspecified atom stereocenters. The molecule has 0 spiro atoms. The van der Waals surface area contributed by atoms with Crippen LogP contribution in [-0.4, -0.2) is 64.6 Å². The molecule has 1 fully saturated rings. The van der Waals surface area contributed by atoms with Crippen molar-refractivity contribution in [1.29, 1.82) is 0 Å². The maximum atomic E-state index is 13.3. The lowest BCUT2D eigenvalue weighted by Gasteiger charge is -2.26. The van der Waals surface area contributed by atoms with Crippen LogP contribution in [0.2, 0.25) is 5.02 Å². The van der Waals surface area contributed by atoms with Gasteiger partial charge in [-0.2, -0.15) is 4.99 Å². The quantitative estimate of drug-likeness (QED) is 0.407. The first-order chi connectivity index (χ1) is 16.1. The van der Waals surface area contributed by atoms with E-state index in [-0.39, 0.29) is 32.7 Å². The van der Waals surface area contributed by atoms with Crippen LogP contribution in [0.4, 0.5) is 5.69 Å². The Hall–Kier alpha value is -2.86. The monoisotopic (exact) mass is 507 g/mol. The number of fused-ring (bicyclic) bond motifs is 2. The molecule has 1 saturated heterocycles. The number of morpholine rings is 1. The third-order valence-electron chi connectivity index (χ3n) is 5.58. The second-order valence-corrected chi connectivity index (χ2v) is 10.5. The van der Waals surface area contributed by atoms with Crippen LogP contribution < -0.4 is 21.5 Å². The third kappa shape index (κ3) is 5.27. The Labute approximate surface area is 202 Å². The van der Waals surface area contributed by atoms with Crippen LogP contribution in [0.5, 0.6) is 11.5 Å². The fourth-order valence-corrected chi connectivity index (χ4v) is 5.80. The van der Waals surface area contributed by atoms with Crippen molar-refractivity contribution in [2.75, 3.05) is 44.7 Å². The average molecular weight is 508 g/mol. The number of carbonyl (C=O) groups excluding carboxylic acids is 1. The largest absolute Gasteiger partial charge is 0.454 e. The van der Waals surface area contributed by atoms with E-state index < -0.39 is 21.7 Å². The summed E-state index contributed by atoms with van der Waals surface area (Å²) in [5.74, 6) is -1.10. The third-order valence-corrected chi connectivity index (χ3v) is 7.53. The Bertz CT molecular complexity index is 1250. The Kier molecular flexibility index (Phi) is 6.99. The van der Waals surface area contributed by atoms with Crippen molar-refractivity contribution < 1.29 is 22.7 Å². The summed E-state index contributed by atoms with van der Waals surface area (Å²) in [6, 6.07) is 6.14. The number of nitrogens with two attached hydrogens (primary N) is 2. The molecule has 34 heavy (non-hydrogen) atoms. The van der Waals surface area contributed by atoms with Crippen LogP contribution in [0, 0.1) is 6.92 Å². The molecule has 182 valence electrons. The lowest BCUT2D eigenvalue weighted by atomic mass is 10.1. The summed E-state index contributed by atoms with van der Waals surface area (Å²) in [5, 5.41) is 3.59. The molecule has 0 bridgehead atoms. The van der Waals surface area contributed by atoms with E-state index in [9.17, 15) is 13.2 Å². The second kappa shape index (κ2) is 9.79. The average Bonchev–Trinajstić information content (AvgIpc) is 2.88. The lowest BCUT2D eigenvalue weighted by Crippen LogP contribution is -2.39. The molecule has 0 saturated carbocycles. The Morgan fingerprint density at radius 3 is 2.62 bits per heavy atom. The molecule has 10 nitrogen and oxygen atoms in total. The van der Waals surface area contributed by atoms with E-state index in [1.165, 1.54) is 12.1 Å². The number of benzene rings is 2. The van der Waals surface area contributed by atoms with Crippen LogP contribution >= 0.6 is 11.6 Å². The van der Waals surface area contributed by atoms with Gasteiger partial charge in [0.15, 0.2) is 15.8 Å². The molecule has 2 aromatic carbocycles. The van der Waals surface area contributed by atoms with Crippen LogP contribution in [0.15, 0.2) is 34.2 Å². The van der Waals surface area contributed by atoms with Crippen molar-refractivity contribution in [1.82, 2.24) is 4.90 Å². The van der Waals surface area contributed by atoms with Gasteiger partial charge in [0, 0.05) is 43.0 Å². The fraction of sp³-hybridized carbons (Fsp3) is 0.364. The van der Waals surface area contributed by atoms with Gasteiger partial charge in [-0.15, -0.1) is 0 Å². The van der Waals surface area contributed by atoms with Gasteiger partial charge in [-0.25, -0.2) is 8.42 Å². The minimum atomic E-state index is -3.87. The molecule has 0 radical (unpaired) electrons. The zero-order chi connectivity index (χ0) is 24.5. The van der Waals surface area contributed by atoms with Gasteiger partial charge in [-0.05, 0) is 36.8 Å². The first kappa shape index (κ1) is 24.3. The van der Waals surface area contributed by atoms with Crippen molar-refractivity contribution >= 4 is 39.0 Å². The predicted molar refractivity (Wildman–Crippen MR) is 129 cm³/mol. The number of rotatable bonds is 5. The summed E-state index contributed by atoms with van der Waals surface area (Å²) < 4.78 is 38.0. The Morgan fingerprint density at radius 2 is 1.91 bits per heavy atom. The number of aryl methyl sites for hydroxylation is 1. The number of sulfone groups is 1. The van der Waals surface area contributed by atoms with Gasteiger partial charge in [-0.1, -0.05) is 11.6 Å². The summed E-state index contributed by atoms with van der Waals surface area (Å²) in [7, 11) is -3.87. The van der Waals surface area contributed by atoms with Gasteiger partial charge >= 0.3 is 0 Å². The van der Waals surface area contributed by atoms with E-state index in [0.29, 0.717) is 23.4 Å². The predicted octanol–water partition coefficient (Wildman–Crippen LogP) is 1.89. The van der Waals surface area contributed by atoms with E-state index in [4.69, 9.17) is 32.5 Å². The van der Waals surface area contributed by atoms with Crippen LogP contribution in [-0.2, 0) is 20.3 Å². The fourth-order valence-electron chi connectivity index (χ4n) is 3.95. The number of anilines is 1. The smallest absolute Gasteiger partial charge is 0.280 e. The van der Waals surface area contributed by atoms with Crippen molar-refractivity contribution in [3.8, 4) is 11.5 Å². The van der Waals surface area contributed by atoms with E-state index in [0.717, 1.165) is 32.8 Å². The summed E-state index contributed by atoms with van der Waals surface area (Å²) in [4.78, 5) is 18.0. The summed E-state index contributed by atoms with van der Waals surface area (Å²) in [6.45, 7) is 6.33. The van der Waals surface area contributed by atoms with E-state index in [1.807, 2.05) is 0 Å². The Morgan fingerprint density at radius 1 is 1.18 bits per heavy atom. The molecule has 12 heteroatoms. The lowest BCUT2D eigenvalue weighted by molar-refractivity contribution is 0.0398. The SMILES string of the molecule is Cc1cc(C(=O)N=C(N)N)cc2c1Oc1c(Cl)cc(NCCN3CCOCC3)cc1CS2(=O)=O. The van der Waals surface area contributed by atoms with Gasteiger partial charge in [0.2, 0.25) is 0 Å². The number of hydrogen-bond acceptors (Lipinski definition) is 7. The number of guanidine groups is 1. The summed E-state index contributed by atoms with van der Waals surface area (Å²) in [6.07, 6.45) is 0. The highest BCUT2D eigenvalue weighted by atomic mass is 35.5. The van der Waals surface area contributed by atoms with Gasteiger partial charge in [-0.3, -0.25) is 9.69 Å². The molecule has 0 aromatic heterocycles. The summed E-state index contributed by atoms with van der Waals surface area (Å²) >= 11 is 6.51. The number of nitrogens with one attached hydrogen (secondary N) is 1. The zero-order valence-electron chi connectivity index (χ0n) is 18.6. The number of aliphatic imine (C=N–C) groups is 1.